The molecular formula is C14H15N3O3S. The first-order chi connectivity index (χ1) is 10.1. The van der Waals surface area contributed by atoms with Crippen LogP contribution in [-0.4, -0.2) is 31.0 Å². The molecule has 6 nitrogen and oxygen atoms in total. The summed E-state index contributed by atoms with van der Waals surface area (Å²) in [5, 5.41) is 13.3. The number of para-hydroxylation sites is 1. The normalized spacial score (nSPS) is 10.1. The number of hydrogen-bond donors (Lipinski definition) is 1. The number of nitrogens with one attached hydrogen (secondary N) is 1. The van der Waals surface area contributed by atoms with E-state index in [1.54, 1.807) is 0 Å². The number of rotatable bonds is 6. The second-order valence-electron chi connectivity index (χ2n) is 4.41. The van der Waals surface area contributed by atoms with Crippen molar-refractivity contribution in [3.8, 4) is 0 Å². The standard InChI is InChI=1S/C14H15N3O3S/c1-16(11-5-3-2-4-6-11)10-9-15-14(18)12-7-8-13(21-12)17(19)20/h2-8H,9-10H2,1H3,(H,15,18). The topological polar surface area (TPSA) is 75.5 Å². The number of thiophene rings is 1. The third kappa shape index (κ3) is 4.03. The minimum atomic E-state index is -0.495. The highest BCUT2D eigenvalue weighted by atomic mass is 32.1. The third-order valence-corrected chi connectivity index (χ3v) is 3.96. The van der Waals surface area contributed by atoms with Crippen LogP contribution in [-0.2, 0) is 0 Å². The number of likely N-dealkylation sites (N-methyl/N-ethyl adjacent to an activating group) is 1. The first kappa shape index (κ1) is 15.0. The van der Waals surface area contributed by atoms with Gasteiger partial charge in [-0.15, -0.1) is 0 Å². The highest BCUT2D eigenvalue weighted by molar-refractivity contribution is 7.17. The Kier molecular flexibility index (Phi) is 4.89. The minimum Gasteiger partial charge on any atom is -0.373 e. The summed E-state index contributed by atoms with van der Waals surface area (Å²) < 4.78 is 0. The average molecular weight is 305 g/mol. The SMILES string of the molecule is CN(CCNC(=O)c1ccc([N+](=O)[O-])s1)c1ccccc1. The van der Waals surface area contributed by atoms with Gasteiger partial charge in [0.2, 0.25) is 0 Å². The lowest BCUT2D eigenvalue weighted by atomic mass is 10.3. The maximum absolute atomic E-state index is 11.9. The molecule has 0 aliphatic heterocycles. The van der Waals surface area contributed by atoms with Gasteiger partial charge in [0.1, 0.15) is 0 Å². The predicted molar refractivity (Wildman–Crippen MR) is 83.0 cm³/mol. The molecule has 21 heavy (non-hydrogen) atoms. The second-order valence-corrected chi connectivity index (χ2v) is 5.47. The van der Waals surface area contributed by atoms with Crippen LogP contribution >= 0.6 is 11.3 Å². The summed E-state index contributed by atoms with van der Waals surface area (Å²) in [7, 11) is 1.94. The Bertz CT molecular complexity index is 627. The molecule has 2 rings (SSSR count). The van der Waals surface area contributed by atoms with Crippen LogP contribution in [0.3, 0.4) is 0 Å². The molecular weight excluding hydrogens is 290 g/mol. The molecule has 0 aliphatic rings. The molecule has 1 aromatic heterocycles. The zero-order valence-electron chi connectivity index (χ0n) is 11.5. The van der Waals surface area contributed by atoms with Crippen molar-refractivity contribution in [2.45, 2.75) is 0 Å². The Morgan fingerprint density at radius 2 is 2.00 bits per heavy atom. The third-order valence-electron chi connectivity index (χ3n) is 2.93. The monoisotopic (exact) mass is 305 g/mol. The number of hydrogen-bond acceptors (Lipinski definition) is 5. The zero-order chi connectivity index (χ0) is 15.2. The first-order valence-electron chi connectivity index (χ1n) is 6.36. The van der Waals surface area contributed by atoms with Crippen molar-refractivity contribution in [3.05, 3.63) is 57.5 Å². The van der Waals surface area contributed by atoms with E-state index in [1.807, 2.05) is 42.3 Å². The summed E-state index contributed by atoms with van der Waals surface area (Å²) in [6, 6.07) is 12.6. The Hall–Kier alpha value is -2.41. The van der Waals surface area contributed by atoms with E-state index < -0.39 is 4.92 Å². The summed E-state index contributed by atoms with van der Waals surface area (Å²) in [6.45, 7) is 1.12. The van der Waals surface area contributed by atoms with Crippen molar-refractivity contribution < 1.29 is 9.72 Å². The molecule has 0 unspecified atom stereocenters. The molecule has 1 aromatic carbocycles. The van der Waals surface area contributed by atoms with Crippen molar-refractivity contribution in [3.63, 3.8) is 0 Å². The molecule has 110 valence electrons. The summed E-state index contributed by atoms with van der Waals surface area (Å²) in [4.78, 5) is 24.3. The van der Waals surface area contributed by atoms with Gasteiger partial charge in [0, 0.05) is 31.9 Å². The van der Waals surface area contributed by atoms with Gasteiger partial charge in [-0.2, -0.15) is 0 Å². The van der Waals surface area contributed by atoms with Crippen molar-refractivity contribution in [1.29, 1.82) is 0 Å². The molecule has 0 saturated carbocycles. The molecule has 0 spiro atoms. The van der Waals surface area contributed by atoms with Crippen molar-refractivity contribution in [2.24, 2.45) is 0 Å². The lowest BCUT2D eigenvalue weighted by Crippen LogP contribution is -2.32. The Morgan fingerprint density at radius 3 is 2.62 bits per heavy atom. The van der Waals surface area contributed by atoms with Crippen molar-refractivity contribution >= 4 is 27.9 Å². The van der Waals surface area contributed by atoms with Gasteiger partial charge in [0.05, 0.1) is 9.80 Å². The van der Waals surface area contributed by atoms with E-state index in [9.17, 15) is 14.9 Å². The van der Waals surface area contributed by atoms with Crippen LogP contribution in [0.5, 0.6) is 0 Å². The van der Waals surface area contributed by atoms with Gasteiger partial charge in [-0.05, 0) is 18.2 Å². The number of nitrogens with zero attached hydrogens (tertiary/aromatic N) is 2. The Balaban J connectivity index is 1.82. The van der Waals surface area contributed by atoms with Crippen LogP contribution in [0.15, 0.2) is 42.5 Å². The van der Waals surface area contributed by atoms with E-state index in [0.717, 1.165) is 17.0 Å². The fraction of sp³-hybridized carbons (Fsp3) is 0.214. The lowest BCUT2D eigenvalue weighted by Gasteiger charge is -2.19. The molecule has 0 saturated heterocycles. The fourth-order valence-corrected chi connectivity index (χ4v) is 2.52. The van der Waals surface area contributed by atoms with E-state index in [0.29, 0.717) is 18.0 Å². The smallest absolute Gasteiger partial charge is 0.324 e. The highest BCUT2D eigenvalue weighted by Gasteiger charge is 2.14. The average Bonchev–Trinajstić information content (AvgIpc) is 2.98. The highest BCUT2D eigenvalue weighted by Crippen LogP contribution is 2.23. The molecule has 0 atom stereocenters. The molecule has 0 radical (unpaired) electrons. The molecule has 0 fully saturated rings. The van der Waals surface area contributed by atoms with Gasteiger partial charge in [0.15, 0.2) is 0 Å². The van der Waals surface area contributed by atoms with Gasteiger partial charge in [-0.25, -0.2) is 0 Å². The van der Waals surface area contributed by atoms with Crippen LogP contribution in [0.25, 0.3) is 0 Å². The number of anilines is 1. The zero-order valence-corrected chi connectivity index (χ0v) is 12.3. The number of carbonyl (C=O) groups excluding carboxylic acids is 1. The van der Waals surface area contributed by atoms with Gasteiger partial charge >= 0.3 is 5.00 Å². The van der Waals surface area contributed by atoms with Crippen LogP contribution < -0.4 is 10.2 Å². The van der Waals surface area contributed by atoms with E-state index in [4.69, 9.17) is 0 Å². The van der Waals surface area contributed by atoms with E-state index in [2.05, 4.69) is 5.32 Å². The van der Waals surface area contributed by atoms with E-state index in [-0.39, 0.29) is 10.9 Å². The Labute approximate surface area is 126 Å². The van der Waals surface area contributed by atoms with Gasteiger partial charge in [-0.3, -0.25) is 14.9 Å². The van der Waals surface area contributed by atoms with E-state index >= 15 is 0 Å². The fourth-order valence-electron chi connectivity index (χ4n) is 1.78. The van der Waals surface area contributed by atoms with Crippen LogP contribution in [0, 0.1) is 10.1 Å². The summed E-state index contributed by atoms with van der Waals surface area (Å²) in [6.07, 6.45) is 0. The van der Waals surface area contributed by atoms with Crippen LogP contribution in [0.1, 0.15) is 9.67 Å². The van der Waals surface area contributed by atoms with Gasteiger partial charge in [0.25, 0.3) is 5.91 Å². The molecule has 7 heteroatoms. The maximum atomic E-state index is 11.9. The molecule has 0 aliphatic carbocycles. The molecule has 1 heterocycles. The quantitative estimate of drug-likeness (QED) is 0.657. The number of nitro groups is 1. The maximum Gasteiger partial charge on any atom is 0.324 e. The molecule has 1 N–H and O–H groups in total. The Morgan fingerprint density at radius 1 is 1.29 bits per heavy atom. The molecule has 2 aromatic rings. The minimum absolute atomic E-state index is 0.0263. The second kappa shape index (κ2) is 6.85. The summed E-state index contributed by atoms with van der Waals surface area (Å²) in [5.41, 5.74) is 1.07. The number of amides is 1. The largest absolute Gasteiger partial charge is 0.373 e. The predicted octanol–water partition coefficient (Wildman–Crippen LogP) is 2.52. The first-order valence-corrected chi connectivity index (χ1v) is 7.18. The summed E-state index contributed by atoms with van der Waals surface area (Å²) >= 11 is 0.880. The summed E-state index contributed by atoms with van der Waals surface area (Å²) in [5.74, 6) is -0.283. The van der Waals surface area contributed by atoms with Crippen molar-refractivity contribution in [2.75, 3.05) is 25.0 Å². The van der Waals surface area contributed by atoms with Gasteiger partial charge in [-0.1, -0.05) is 29.5 Å². The number of carbonyl (C=O) groups is 1. The van der Waals surface area contributed by atoms with Crippen LogP contribution in [0.2, 0.25) is 0 Å². The van der Waals surface area contributed by atoms with E-state index in [1.165, 1.54) is 12.1 Å². The number of benzene rings is 1. The van der Waals surface area contributed by atoms with Crippen molar-refractivity contribution in [1.82, 2.24) is 5.32 Å². The lowest BCUT2D eigenvalue weighted by molar-refractivity contribution is -0.380. The molecule has 1 amide bonds. The van der Waals surface area contributed by atoms with Crippen LogP contribution in [0.4, 0.5) is 10.7 Å². The molecule has 0 bridgehead atoms. The van der Waals surface area contributed by atoms with Gasteiger partial charge < -0.3 is 10.2 Å².